The quantitative estimate of drug-likeness (QED) is 0.285. The zero-order valence-corrected chi connectivity index (χ0v) is 17.3. The molecule has 0 aromatic heterocycles. The van der Waals surface area contributed by atoms with Crippen LogP contribution in [0.2, 0.25) is 0 Å². The topological polar surface area (TPSA) is 0 Å². The molecule has 126 valence electrons. The van der Waals surface area contributed by atoms with Gasteiger partial charge in [0.25, 0.3) is 0 Å². The zero-order valence-electron chi connectivity index (χ0n) is 15.2. The van der Waals surface area contributed by atoms with Crippen molar-refractivity contribution in [3.8, 4) is 0 Å². The second kappa shape index (κ2) is 6.54. The lowest BCUT2D eigenvalue weighted by Gasteiger charge is -2.54. The second-order valence-electron chi connectivity index (χ2n) is 8.50. The Bertz CT molecular complexity index is 600. The van der Waals surface area contributed by atoms with Crippen LogP contribution in [-0.4, -0.2) is 4.43 Å². The van der Waals surface area contributed by atoms with Crippen molar-refractivity contribution >= 4 is 22.6 Å². The highest BCUT2D eigenvalue weighted by atomic mass is 127. The van der Waals surface area contributed by atoms with Crippen molar-refractivity contribution in [1.29, 1.82) is 0 Å². The zero-order chi connectivity index (χ0) is 16.7. The molecule has 1 fully saturated rings. The van der Waals surface area contributed by atoms with Crippen LogP contribution in [0.25, 0.3) is 0 Å². The number of alkyl halides is 1. The molecule has 1 saturated carbocycles. The first-order valence-corrected chi connectivity index (χ1v) is 10.8. The normalized spacial score (nSPS) is 33.7. The van der Waals surface area contributed by atoms with Gasteiger partial charge in [0.15, 0.2) is 0 Å². The van der Waals surface area contributed by atoms with Crippen LogP contribution in [0.1, 0.15) is 76.0 Å². The number of benzene rings is 1. The summed E-state index contributed by atoms with van der Waals surface area (Å²) in [7, 11) is 0. The number of aryl methyl sites for hydroxylation is 1. The molecule has 0 spiro atoms. The molecule has 0 aliphatic heterocycles. The highest BCUT2D eigenvalue weighted by Crippen LogP contribution is 2.57. The lowest BCUT2D eigenvalue weighted by molar-refractivity contribution is 0.0631. The van der Waals surface area contributed by atoms with E-state index in [4.69, 9.17) is 0 Å². The van der Waals surface area contributed by atoms with Gasteiger partial charge in [-0.25, -0.2) is 0 Å². The van der Waals surface area contributed by atoms with Gasteiger partial charge in [0.05, 0.1) is 0 Å². The van der Waals surface area contributed by atoms with Gasteiger partial charge in [-0.1, -0.05) is 87.1 Å². The van der Waals surface area contributed by atoms with E-state index in [0.717, 1.165) is 10.3 Å². The minimum absolute atomic E-state index is 0.367. The third-order valence-corrected chi connectivity index (χ3v) is 7.19. The molecule has 3 rings (SSSR count). The Labute approximate surface area is 156 Å². The summed E-state index contributed by atoms with van der Waals surface area (Å²) in [5, 5.41) is 0. The van der Waals surface area contributed by atoms with Crippen LogP contribution in [0.5, 0.6) is 0 Å². The Morgan fingerprint density at radius 3 is 2.74 bits per heavy atom. The van der Waals surface area contributed by atoms with Crippen molar-refractivity contribution in [1.82, 2.24) is 0 Å². The molecule has 0 bridgehead atoms. The Morgan fingerprint density at radius 2 is 2.04 bits per heavy atom. The van der Waals surface area contributed by atoms with E-state index in [1.54, 1.807) is 11.1 Å². The Balaban J connectivity index is 2.02. The van der Waals surface area contributed by atoms with E-state index in [-0.39, 0.29) is 0 Å². The minimum atomic E-state index is 0.367. The predicted octanol–water partition coefficient (Wildman–Crippen LogP) is 6.81. The Kier molecular flexibility index (Phi) is 4.98. The van der Waals surface area contributed by atoms with Crippen LogP contribution in [0.15, 0.2) is 30.4 Å². The van der Waals surface area contributed by atoms with Crippen molar-refractivity contribution in [2.75, 3.05) is 4.43 Å². The van der Waals surface area contributed by atoms with E-state index in [1.165, 1.54) is 37.7 Å². The van der Waals surface area contributed by atoms with Gasteiger partial charge in [0, 0.05) is 4.43 Å². The number of hydrogen-bond donors (Lipinski definition) is 0. The summed E-state index contributed by atoms with van der Waals surface area (Å²) in [5.74, 6) is 1.43. The maximum atomic E-state index is 2.56. The SMILES string of the molecule is CC(C)c1ccc2c(c1)CC[C@H]1[C@](C)(/C=C/CI)CCC[C@]21C. The predicted molar refractivity (Wildman–Crippen MR) is 110 cm³/mol. The molecule has 23 heavy (non-hydrogen) atoms. The first-order chi connectivity index (χ1) is 10.9. The standard InChI is InChI=1S/C22H31I/c1-16(2)17-7-9-19-18(15-17)8-10-20-21(3,12-6-14-23)11-5-13-22(19,20)4/h6-7,9,12,15-16,20H,5,8,10-11,13-14H2,1-4H3/b12-6+/t20-,21-,22+/m0/s1. The summed E-state index contributed by atoms with van der Waals surface area (Å²) in [6.45, 7) is 9.69. The summed E-state index contributed by atoms with van der Waals surface area (Å²) in [6, 6.07) is 7.38. The Morgan fingerprint density at radius 1 is 1.26 bits per heavy atom. The van der Waals surface area contributed by atoms with Crippen LogP contribution in [0.4, 0.5) is 0 Å². The maximum Gasteiger partial charge on any atom is 0.0176 e. The maximum absolute atomic E-state index is 2.56. The van der Waals surface area contributed by atoms with Gasteiger partial charge in [-0.2, -0.15) is 0 Å². The monoisotopic (exact) mass is 422 g/mol. The fourth-order valence-corrected chi connectivity index (χ4v) is 5.69. The van der Waals surface area contributed by atoms with E-state index >= 15 is 0 Å². The number of allylic oxidation sites excluding steroid dienone is 2. The molecule has 0 radical (unpaired) electrons. The fraction of sp³-hybridized carbons (Fsp3) is 0.636. The smallest absolute Gasteiger partial charge is 0.0176 e. The summed E-state index contributed by atoms with van der Waals surface area (Å²) in [6.07, 6.45) is 11.6. The highest BCUT2D eigenvalue weighted by molar-refractivity contribution is 14.1. The molecule has 0 unspecified atom stereocenters. The van der Waals surface area contributed by atoms with Crippen LogP contribution in [-0.2, 0) is 11.8 Å². The van der Waals surface area contributed by atoms with Crippen LogP contribution < -0.4 is 0 Å². The molecular weight excluding hydrogens is 391 g/mol. The molecular formula is C22H31I. The van der Waals surface area contributed by atoms with Gasteiger partial charge in [0.1, 0.15) is 0 Å². The number of hydrogen-bond acceptors (Lipinski definition) is 0. The van der Waals surface area contributed by atoms with Crippen molar-refractivity contribution in [2.24, 2.45) is 11.3 Å². The summed E-state index contributed by atoms with van der Waals surface area (Å²) < 4.78 is 1.13. The van der Waals surface area contributed by atoms with Gasteiger partial charge in [-0.15, -0.1) is 0 Å². The largest absolute Gasteiger partial charge is 0.0819 e. The number of rotatable bonds is 3. The first-order valence-electron chi connectivity index (χ1n) is 9.28. The lowest BCUT2D eigenvalue weighted by atomic mass is 9.50. The molecule has 2 aliphatic rings. The molecule has 3 atom stereocenters. The summed E-state index contributed by atoms with van der Waals surface area (Å²) >= 11 is 2.46. The van der Waals surface area contributed by atoms with Gasteiger partial charge in [0.2, 0.25) is 0 Å². The van der Waals surface area contributed by atoms with Gasteiger partial charge in [-0.3, -0.25) is 0 Å². The molecule has 0 amide bonds. The average Bonchev–Trinajstić information content (AvgIpc) is 2.52. The summed E-state index contributed by atoms with van der Waals surface area (Å²) in [4.78, 5) is 0. The van der Waals surface area contributed by atoms with Crippen LogP contribution in [0.3, 0.4) is 0 Å². The van der Waals surface area contributed by atoms with E-state index in [2.05, 4.69) is 80.6 Å². The molecule has 1 aromatic carbocycles. The van der Waals surface area contributed by atoms with Crippen molar-refractivity contribution < 1.29 is 0 Å². The third-order valence-electron chi connectivity index (χ3n) is 6.68. The van der Waals surface area contributed by atoms with Gasteiger partial charge in [-0.05, 0) is 65.0 Å². The molecule has 0 nitrogen and oxygen atoms in total. The fourth-order valence-electron chi connectivity index (χ4n) is 5.43. The second-order valence-corrected chi connectivity index (χ2v) is 9.38. The van der Waals surface area contributed by atoms with E-state index in [0.29, 0.717) is 16.7 Å². The molecule has 0 N–H and O–H groups in total. The first kappa shape index (κ1) is 17.5. The molecule has 1 heteroatoms. The van der Waals surface area contributed by atoms with E-state index in [1.807, 2.05) is 0 Å². The minimum Gasteiger partial charge on any atom is -0.0819 e. The Hall–Kier alpha value is -0.310. The average molecular weight is 422 g/mol. The summed E-state index contributed by atoms with van der Waals surface area (Å²) in [5.41, 5.74) is 5.55. The van der Waals surface area contributed by atoms with Crippen LogP contribution in [0, 0.1) is 11.3 Å². The third kappa shape index (κ3) is 3.03. The number of fused-ring (bicyclic) bond motifs is 3. The van der Waals surface area contributed by atoms with Gasteiger partial charge >= 0.3 is 0 Å². The van der Waals surface area contributed by atoms with Crippen molar-refractivity contribution in [3.63, 3.8) is 0 Å². The van der Waals surface area contributed by atoms with E-state index < -0.39 is 0 Å². The number of halogens is 1. The van der Waals surface area contributed by atoms with Gasteiger partial charge < -0.3 is 0 Å². The van der Waals surface area contributed by atoms with Crippen molar-refractivity contribution in [3.05, 3.63) is 47.0 Å². The molecule has 0 saturated heterocycles. The molecule has 0 heterocycles. The van der Waals surface area contributed by atoms with E-state index in [9.17, 15) is 0 Å². The highest BCUT2D eigenvalue weighted by Gasteiger charge is 2.50. The van der Waals surface area contributed by atoms with Crippen molar-refractivity contribution in [2.45, 2.75) is 71.1 Å². The molecule has 1 aromatic rings. The van der Waals surface area contributed by atoms with Crippen LogP contribution >= 0.6 is 22.6 Å². The lowest BCUT2D eigenvalue weighted by Crippen LogP contribution is -2.48. The molecule has 2 aliphatic carbocycles.